The van der Waals surface area contributed by atoms with Crippen LogP contribution < -0.4 is 5.43 Å². The average molecular weight is 288 g/mol. The number of rotatable bonds is 5. The van der Waals surface area contributed by atoms with Crippen molar-refractivity contribution in [2.24, 2.45) is 11.0 Å². The SMILES string of the molecule is CN(C)C=NNC(=O)C1CCN(Cc2ccccc2)CC1. The van der Waals surface area contributed by atoms with Gasteiger partial charge in [-0.15, -0.1) is 0 Å². The lowest BCUT2D eigenvalue weighted by molar-refractivity contribution is -0.126. The molecule has 0 aromatic heterocycles. The van der Waals surface area contributed by atoms with E-state index in [9.17, 15) is 4.79 Å². The maximum Gasteiger partial charge on any atom is 0.243 e. The van der Waals surface area contributed by atoms with Crippen molar-refractivity contribution in [3.63, 3.8) is 0 Å². The molecule has 0 atom stereocenters. The van der Waals surface area contributed by atoms with Crippen LogP contribution >= 0.6 is 0 Å². The lowest BCUT2D eigenvalue weighted by atomic mass is 9.96. The minimum atomic E-state index is 0.0347. The Morgan fingerprint density at radius 1 is 1.33 bits per heavy atom. The van der Waals surface area contributed by atoms with Crippen LogP contribution in [0.25, 0.3) is 0 Å². The molecule has 1 aromatic carbocycles. The second-order valence-corrected chi connectivity index (χ2v) is 5.72. The van der Waals surface area contributed by atoms with E-state index in [0.717, 1.165) is 32.5 Å². The summed E-state index contributed by atoms with van der Waals surface area (Å²) in [6.07, 6.45) is 3.40. The van der Waals surface area contributed by atoms with E-state index in [1.165, 1.54) is 5.56 Å². The molecule has 5 nitrogen and oxygen atoms in total. The molecule has 1 aromatic rings. The summed E-state index contributed by atoms with van der Waals surface area (Å²) in [6, 6.07) is 10.5. The fourth-order valence-electron chi connectivity index (χ4n) is 2.49. The Hall–Kier alpha value is -1.88. The van der Waals surface area contributed by atoms with Gasteiger partial charge >= 0.3 is 0 Å². The average Bonchev–Trinajstić information content (AvgIpc) is 2.48. The van der Waals surface area contributed by atoms with Crippen LogP contribution in [0.1, 0.15) is 18.4 Å². The molecule has 1 N–H and O–H groups in total. The first-order chi connectivity index (χ1) is 10.1. The number of hydrogen-bond donors (Lipinski definition) is 1. The van der Waals surface area contributed by atoms with E-state index in [1.807, 2.05) is 20.2 Å². The molecule has 1 aliphatic rings. The Balaban J connectivity index is 1.74. The number of amides is 1. The van der Waals surface area contributed by atoms with Crippen molar-refractivity contribution >= 4 is 12.2 Å². The number of likely N-dealkylation sites (tertiary alicyclic amines) is 1. The van der Waals surface area contributed by atoms with E-state index in [4.69, 9.17) is 0 Å². The van der Waals surface area contributed by atoms with E-state index < -0.39 is 0 Å². The zero-order chi connectivity index (χ0) is 15.1. The van der Waals surface area contributed by atoms with Gasteiger partial charge in [0.2, 0.25) is 5.91 Å². The van der Waals surface area contributed by atoms with Crippen LogP contribution in [-0.4, -0.2) is 49.2 Å². The summed E-state index contributed by atoms with van der Waals surface area (Å²) in [5.41, 5.74) is 3.95. The molecule has 0 bridgehead atoms. The fourth-order valence-corrected chi connectivity index (χ4v) is 2.49. The molecule has 1 fully saturated rings. The summed E-state index contributed by atoms with van der Waals surface area (Å²) in [4.78, 5) is 16.2. The van der Waals surface area contributed by atoms with Crippen molar-refractivity contribution < 1.29 is 4.79 Å². The first-order valence-corrected chi connectivity index (χ1v) is 7.41. The maximum absolute atomic E-state index is 12.0. The third kappa shape index (κ3) is 5.19. The van der Waals surface area contributed by atoms with E-state index in [1.54, 1.807) is 11.2 Å². The van der Waals surface area contributed by atoms with Gasteiger partial charge in [0.1, 0.15) is 6.34 Å². The van der Waals surface area contributed by atoms with Crippen LogP contribution in [0.5, 0.6) is 0 Å². The molecule has 21 heavy (non-hydrogen) atoms. The van der Waals surface area contributed by atoms with Crippen LogP contribution in [0.15, 0.2) is 35.4 Å². The number of piperidine rings is 1. The summed E-state index contributed by atoms with van der Waals surface area (Å²) in [5, 5.41) is 3.92. The largest absolute Gasteiger partial charge is 0.367 e. The van der Waals surface area contributed by atoms with Crippen molar-refractivity contribution in [2.45, 2.75) is 19.4 Å². The predicted octanol–water partition coefficient (Wildman–Crippen LogP) is 1.52. The van der Waals surface area contributed by atoms with Crippen molar-refractivity contribution in [3.05, 3.63) is 35.9 Å². The molecule has 0 unspecified atom stereocenters. The third-order valence-corrected chi connectivity index (χ3v) is 3.67. The smallest absolute Gasteiger partial charge is 0.243 e. The third-order valence-electron chi connectivity index (χ3n) is 3.67. The van der Waals surface area contributed by atoms with Crippen molar-refractivity contribution in [1.29, 1.82) is 0 Å². The highest BCUT2D eigenvalue weighted by molar-refractivity contribution is 5.79. The first-order valence-electron chi connectivity index (χ1n) is 7.41. The molecule has 5 heteroatoms. The quantitative estimate of drug-likeness (QED) is 0.508. The van der Waals surface area contributed by atoms with Gasteiger partial charge in [-0.25, -0.2) is 5.43 Å². The Bertz CT molecular complexity index is 464. The lowest BCUT2D eigenvalue weighted by Crippen LogP contribution is -2.39. The minimum Gasteiger partial charge on any atom is -0.367 e. The zero-order valence-corrected chi connectivity index (χ0v) is 12.8. The minimum absolute atomic E-state index is 0.0347. The number of hydrogen-bond acceptors (Lipinski definition) is 3. The number of carbonyl (C=O) groups is 1. The summed E-state index contributed by atoms with van der Waals surface area (Å²) >= 11 is 0. The first kappa shape index (κ1) is 15.5. The predicted molar refractivity (Wildman–Crippen MR) is 84.8 cm³/mol. The molecule has 0 radical (unpaired) electrons. The second kappa shape index (κ2) is 7.78. The van der Waals surface area contributed by atoms with Gasteiger partial charge in [-0.05, 0) is 31.5 Å². The summed E-state index contributed by atoms with van der Waals surface area (Å²) in [5.74, 6) is 0.115. The van der Waals surface area contributed by atoms with E-state index in [2.05, 4.69) is 39.7 Å². The number of nitrogens with one attached hydrogen (secondary N) is 1. The van der Waals surface area contributed by atoms with Crippen LogP contribution in [-0.2, 0) is 11.3 Å². The molecule has 2 rings (SSSR count). The monoisotopic (exact) mass is 288 g/mol. The van der Waals surface area contributed by atoms with E-state index in [0.29, 0.717) is 0 Å². The Morgan fingerprint density at radius 2 is 2.00 bits per heavy atom. The topological polar surface area (TPSA) is 47.9 Å². The van der Waals surface area contributed by atoms with Gasteiger partial charge in [-0.3, -0.25) is 9.69 Å². The van der Waals surface area contributed by atoms with Gasteiger partial charge in [-0.1, -0.05) is 30.3 Å². The van der Waals surface area contributed by atoms with Gasteiger partial charge in [-0.2, -0.15) is 5.10 Å². The molecule has 0 aliphatic carbocycles. The highest BCUT2D eigenvalue weighted by Gasteiger charge is 2.24. The van der Waals surface area contributed by atoms with Gasteiger partial charge < -0.3 is 4.90 Å². The van der Waals surface area contributed by atoms with Crippen molar-refractivity contribution in [2.75, 3.05) is 27.2 Å². The van der Waals surface area contributed by atoms with Crippen LogP contribution in [0.2, 0.25) is 0 Å². The standard InChI is InChI=1S/C16H24N4O/c1-19(2)13-17-18-16(21)15-8-10-20(11-9-15)12-14-6-4-3-5-7-14/h3-7,13,15H,8-12H2,1-2H3,(H,18,21). The Morgan fingerprint density at radius 3 is 2.62 bits per heavy atom. The molecule has 1 heterocycles. The van der Waals surface area contributed by atoms with Gasteiger partial charge in [0.05, 0.1) is 0 Å². The lowest BCUT2D eigenvalue weighted by Gasteiger charge is -2.30. The maximum atomic E-state index is 12.0. The van der Waals surface area contributed by atoms with Crippen molar-refractivity contribution in [1.82, 2.24) is 15.2 Å². The number of benzene rings is 1. The summed E-state index contributed by atoms with van der Waals surface area (Å²) < 4.78 is 0. The second-order valence-electron chi connectivity index (χ2n) is 5.72. The van der Waals surface area contributed by atoms with Gasteiger partial charge in [0.25, 0.3) is 0 Å². The van der Waals surface area contributed by atoms with Crippen LogP contribution in [0, 0.1) is 5.92 Å². The molecule has 1 aliphatic heterocycles. The molecule has 1 amide bonds. The highest BCUT2D eigenvalue weighted by Crippen LogP contribution is 2.19. The number of hydrazone groups is 1. The van der Waals surface area contributed by atoms with Gasteiger partial charge in [0, 0.05) is 26.6 Å². The number of carbonyl (C=O) groups excluding carboxylic acids is 1. The fraction of sp³-hybridized carbons (Fsp3) is 0.500. The molecule has 1 saturated heterocycles. The highest BCUT2D eigenvalue weighted by atomic mass is 16.2. The number of nitrogens with zero attached hydrogens (tertiary/aromatic N) is 3. The molecule has 0 saturated carbocycles. The molecular weight excluding hydrogens is 264 g/mol. The summed E-state index contributed by atoms with van der Waals surface area (Å²) in [6.45, 7) is 2.89. The van der Waals surface area contributed by atoms with Crippen molar-refractivity contribution in [3.8, 4) is 0 Å². The van der Waals surface area contributed by atoms with Gasteiger partial charge in [0.15, 0.2) is 0 Å². The molecular formula is C16H24N4O. The van der Waals surface area contributed by atoms with Crippen LogP contribution in [0.4, 0.5) is 0 Å². The Labute approximate surface area is 126 Å². The van der Waals surface area contributed by atoms with E-state index >= 15 is 0 Å². The summed E-state index contributed by atoms with van der Waals surface area (Å²) in [7, 11) is 3.75. The zero-order valence-electron chi connectivity index (χ0n) is 12.8. The Kier molecular flexibility index (Phi) is 5.75. The molecule has 114 valence electrons. The van der Waals surface area contributed by atoms with Crippen LogP contribution in [0.3, 0.4) is 0 Å². The molecule has 0 spiro atoms. The normalized spacial score (nSPS) is 17.0. The van der Waals surface area contributed by atoms with E-state index in [-0.39, 0.29) is 11.8 Å².